The van der Waals surface area contributed by atoms with E-state index in [0.29, 0.717) is 6.42 Å². The first kappa shape index (κ1) is 32.2. The number of hydrogen-bond donors (Lipinski definition) is 3. The van der Waals surface area contributed by atoms with E-state index in [4.69, 9.17) is 10.2 Å². The Hall–Kier alpha value is 0.0464. The van der Waals surface area contributed by atoms with Crippen molar-refractivity contribution in [3.8, 4) is 0 Å². The van der Waals surface area contributed by atoms with Crippen LogP contribution in [0.25, 0.3) is 0 Å². The fourth-order valence-corrected chi connectivity index (χ4v) is 3.45. The zero-order chi connectivity index (χ0) is 21.7. The van der Waals surface area contributed by atoms with E-state index in [9.17, 15) is 14.4 Å². The molecule has 0 aromatic carbocycles. The van der Waals surface area contributed by atoms with Gasteiger partial charge in [0.05, 0.1) is 0 Å². The number of rotatable bonds is 21. The largest absolute Gasteiger partial charge is 1.00 e. The number of carbonyl (C=O) groups excluding carboxylic acids is 1. The molecule has 0 saturated carbocycles. The second-order valence-corrected chi connectivity index (χ2v) is 8.09. The fourth-order valence-electron chi connectivity index (χ4n) is 3.45. The summed E-state index contributed by atoms with van der Waals surface area (Å²) in [7, 11) is 0. The monoisotopic (exact) mass is 453 g/mol. The third-order valence-corrected chi connectivity index (χ3v) is 5.29. The van der Waals surface area contributed by atoms with Crippen LogP contribution in [0.5, 0.6) is 0 Å². The van der Waals surface area contributed by atoms with Gasteiger partial charge in [0.25, 0.3) is 0 Å². The Morgan fingerprint density at radius 2 is 1.10 bits per heavy atom. The van der Waals surface area contributed by atoms with Crippen molar-refractivity contribution in [1.82, 2.24) is 5.32 Å². The van der Waals surface area contributed by atoms with Crippen molar-refractivity contribution < 1.29 is 77.4 Å². The van der Waals surface area contributed by atoms with Crippen LogP contribution in [0.1, 0.15) is 124 Å². The van der Waals surface area contributed by atoms with E-state index in [2.05, 4.69) is 12.2 Å². The minimum absolute atomic E-state index is 0. The molecule has 7 heteroatoms. The average Bonchev–Trinajstić information content (AvgIpc) is 2.67. The molecule has 0 radical (unpaired) electrons. The second kappa shape index (κ2) is 23.7. The van der Waals surface area contributed by atoms with Gasteiger partial charge in [-0.2, -0.15) is 0 Å². The smallest absolute Gasteiger partial charge is 1.00 e. The molecule has 0 aromatic rings. The third kappa shape index (κ3) is 22.7. The maximum Gasteiger partial charge on any atom is 1.00 e. The summed E-state index contributed by atoms with van der Waals surface area (Å²) in [5.74, 6) is -2.55. The molecule has 30 heavy (non-hydrogen) atoms. The standard InChI is InChI=1S/C23H43NO5.K.H/c1-2-3-4-5-6-7-8-9-10-11-12-13-14-15-16-17-21(25)24-20(23(28)29)18-19-22(26)27;;/h20H,2-19H2,1H3,(H,24,25)(H,26,27)(H,28,29);;/q;+1;-1/t20-;;/m1../s1. The van der Waals surface area contributed by atoms with Gasteiger partial charge in [-0.05, 0) is 12.8 Å². The Morgan fingerprint density at radius 1 is 0.700 bits per heavy atom. The maximum atomic E-state index is 11.8. The van der Waals surface area contributed by atoms with Crippen LogP contribution in [0.3, 0.4) is 0 Å². The van der Waals surface area contributed by atoms with Crippen LogP contribution in [0.2, 0.25) is 0 Å². The number of carboxylic acid groups (broad SMARTS) is 2. The fraction of sp³-hybridized carbons (Fsp3) is 0.870. The Balaban J connectivity index is -0.00000392. The number of amides is 1. The normalized spacial score (nSPS) is 11.5. The molecule has 0 aliphatic heterocycles. The van der Waals surface area contributed by atoms with E-state index >= 15 is 0 Å². The predicted molar refractivity (Wildman–Crippen MR) is 117 cm³/mol. The Labute approximate surface area is 227 Å². The zero-order valence-corrected chi connectivity index (χ0v) is 22.5. The molecule has 0 saturated heterocycles. The molecule has 6 nitrogen and oxygen atoms in total. The van der Waals surface area contributed by atoms with Crippen LogP contribution < -0.4 is 56.7 Å². The predicted octanol–water partition coefficient (Wildman–Crippen LogP) is 2.80. The first-order chi connectivity index (χ1) is 14.0. The van der Waals surface area contributed by atoms with Gasteiger partial charge in [0, 0.05) is 12.8 Å². The van der Waals surface area contributed by atoms with Crippen molar-refractivity contribution in [3.63, 3.8) is 0 Å². The molecule has 172 valence electrons. The summed E-state index contributed by atoms with van der Waals surface area (Å²) in [5.41, 5.74) is 0. The summed E-state index contributed by atoms with van der Waals surface area (Å²) in [4.78, 5) is 33.4. The van der Waals surface area contributed by atoms with E-state index < -0.39 is 18.0 Å². The summed E-state index contributed by atoms with van der Waals surface area (Å²) >= 11 is 0. The zero-order valence-electron chi connectivity index (χ0n) is 20.4. The summed E-state index contributed by atoms with van der Waals surface area (Å²) in [5, 5.41) is 20.1. The molecule has 0 bridgehead atoms. The van der Waals surface area contributed by atoms with Crippen LogP contribution in [-0.4, -0.2) is 34.1 Å². The maximum absolute atomic E-state index is 11.8. The van der Waals surface area contributed by atoms with Crippen LogP contribution in [0, 0.1) is 0 Å². The summed E-state index contributed by atoms with van der Waals surface area (Å²) < 4.78 is 0. The van der Waals surface area contributed by atoms with Crippen molar-refractivity contribution in [2.75, 3.05) is 0 Å². The first-order valence-corrected chi connectivity index (χ1v) is 11.7. The van der Waals surface area contributed by atoms with Gasteiger partial charge < -0.3 is 17.0 Å². The summed E-state index contributed by atoms with van der Waals surface area (Å²) in [6.45, 7) is 2.25. The molecule has 0 spiro atoms. The van der Waals surface area contributed by atoms with Crippen molar-refractivity contribution in [2.45, 2.75) is 129 Å². The molecule has 0 heterocycles. The van der Waals surface area contributed by atoms with Gasteiger partial charge in [-0.1, -0.05) is 96.8 Å². The van der Waals surface area contributed by atoms with Gasteiger partial charge in [-0.25, -0.2) is 4.79 Å². The van der Waals surface area contributed by atoms with Crippen LogP contribution in [-0.2, 0) is 14.4 Å². The van der Waals surface area contributed by atoms with Gasteiger partial charge in [0.15, 0.2) is 0 Å². The molecule has 0 aromatic heterocycles. The topological polar surface area (TPSA) is 104 Å². The average molecular weight is 454 g/mol. The number of unbranched alkanes of at least 4 members (excludes halogenated alkanes) is 14. The Morgan fingerprint density at radius 3 is 1.47 bits per heavy atom. The van der Waals surface area contributed by atoms with Crippen molar-refractivity contribution in [3.05, 3.63) is 0 Å². The van der Waals surface area contributed by atoms with Crippen molar-refractivity contribution >= 4 is 17.8 Å². The van der Waals surface area contributed by atoms with Gasteiger partial charge in [0.2, 0.25) is 5.91 Å². The Bertz CT molecular complexity index is 452. The van der Waals surface area contributed by atoms with Gasteiger partial charge in [-0.15, -0.1) is 0 Å². The molecule has 0 aliphatic carbocycles. The van der Waals surface area contributed by atoms with Crippen molar-refractivity contribution in [2.24, 2.45) is 0 Å². The third-order valence-electron chi connectivity index (χ3n) is 5.29. The molecule has 1 atom stereocenters. The quantitative estimate of drug-likeness (QED) is 0.183. The molecule has 0 aliphatic rings. The van der Waals surface area contributed by atoms with E-state index in [1.54, 1.807) is 0 Å². The van der Waals surface area contributed by atoms with Crippen LogP contribution in [0.15, 0.2) is 0 Å². The number of hydrogen-bond acceptors (Lipinski definition) is 3. The van der Waals surface area contributed by atoms with Crippen LogP contribution >= 0.6 is 0 Å². The minimum Gasteiger partial charge on any atom is -1.00 e. The molecular weight excluding hydrogens is 409 g/mol. The Kier molecular flexibility index (Phi) is 25.5. The molecule has 1 amide bonds. The SMILES string of the molecule is CCCCCCCCCCCCCCCCCC(=O)N[C@H](CCC(=O)O)C(=O)O.[H-].[K+]. The van der Waals surface area contributed by atoms with Gasteiger partial charge >= 0.3 is 63.3 Å². The van der Waals surface area contributed by atoms with Crippen molar-refractivity contribution in [1.29, 1.82) is 0 Å². The number of aliphatic carboxylic acids is 2. The molecule has 0 fully saturated rings. The van der Waals surface area contributed by atoms with E-state index in [0.717, 1.165) is 19.3 Å². The molecular formula is C23H44KNO5. The number of carboxylic acids is 2. The number of nitrogens with one attached hydrogen (secondary N) is 1. The summed E-state index contributed by atoms with van der Waals surface area (Å²) in [6.07, 6.45) is 18.8. The molecule has 3 N–H and O–H groups in total. The first-order valence-electron chi connectivity index (χ1n) is 11.7. The second-order valence-electron chi connectivity index (χ2n) is 8.09. The molecule has 0 rings (SSSR count). The minimum atomic E-state index is -1.18. The molecule has 0 unspecified atom stereocenters. The van der Waals surface area contributed by atoms with E-state index in [-0.39, 0.29) is 71.6 Å². The van der Waals surface area contributed by atoms with Gasteiger partial charge in [0.1, 0.15) is 6.04 Å². The summed E-state index contributed by atoms with van der Waals surface area (Å²) in [6, 6.07) is -1.12. The van der Waals surface area contributed by atoms with E-state index in [1.807, 2.05) is 0 Å². The van der Waals surface area contributed by atoms with Gasteiger partial charge in [-0.3, -0.25) is 9.59 Å². The number of carbonyl (C=O) groups is 3. The van der Waals surface area contributed by atoms with Crippen LogP contribution in [0.4, 0.5) is 0 Å². The van der Waals surface area contributed by atoms with E-state index in [1.165, 1.54) is 77.0 Å².